The van der Waals surface area contributed by atoms with Crippen LogP contribution in [0.2, 0.25) is 0 Å². The highest BCUT2D eigenvalue weighted by Crippen LogP contribution is 2.49. The Morgan fingerprint density at radius 2 is 2.39 bits per heavy atom. The summed E-state index contributed by atoms with van der Waals surface area (Å²) in [7, 11) is 0. The van der Waals surface area contributed by atoms with Gasteiger partial charge >= 0.3 is 5.97 Å². The van der Waals surface area contributed by atoms with Crippen LogP contribution >= 0.6 is 15.9 Å². The number of aryl methyl sites for hydroxylation is 1. The second kappa shape index (κ2) is 5.31. The summed E-state index contributed by atoms with van der Waals surface area (Å²) in [5.74, 6) is -0.313. The summed E-state index contributed by atoms with van der Waals surface area (Å²) >= 11 is 3.54. The van der Waals surface area contributed by atoms with Gasteiger partial charge in [-0.25, -0.2) is 4.98 Å². The highest BCUT2D eigenvalue weighted by molar-refractivity contribution is 9.10. The van der Waals surface area contributed by atoms with Crippen molar-refractivity contribution in [1.82, 2.24) is 14.3 Å². The monoisotopic (exact) mass is 377 g/mol. The van der Waals surface area contributed by atoms with Crippen molar-refractivity contribution >= 4 is 27.5 Å². The molecule has 3 heterocycles. The van der Waals surface area contributed by atoms with Crippen molar-refractivity contribution in [3.8, 4) is 0 Å². The minimum atomic E-state index is -0.612. The van der Waals surface area contributed by atoms with Crippen LogP contribution in [0.4, 0.5) is 0 Å². The molecule has 1 aliphatic carbocycles. The van der Waals surface area contributed by atoms with Crippen molar-refractivity contribution in [2.75, 3.05) is 13.1 Å². The number of carboxylic acid groups (broad SMARTS) is 1. The molecular weight excluding hydrogens is 358 g/mol. The number of aromatic nitrogens is 2. The van der Waals surface area contributed by atoms with Gasteiger partial charge < -0.3 is 9.51 Å². The number of imidazole rings is 1. The largest absolute Gasteiger partial charge is 0.481 e. The van der Waals surface area contributed by atoms with E-state index in [2.05, 4.69) is 43.2 Å². The zero-order valence-electron chi connectivity index (χ0n) is 13.1. The zero-order chi connectivity index (χ0) is 16.2. The first-order chi connectivity index (χ1) is 11.0. The molecule has 23 heavy (non-hydrogen) atoms. The summed E-state index contributed by atoms with van der Waals surface area (Å²) in [5, 5.41) is 9.71. The van der Waals surface area contributed by atoms with Gasteiger partial charge in [-0.1, -0.05) is 6.42 Å². The third-order valence-corrected chi connectivity index (χ3v) is 6.02. The van der Waals surface area contributed by atoms with Crippen LogP contribution in [0, 0.1) is 18.3 Å². The number of carbonyl (C=O) groups is 1. The highest BCUT2D eigenvalue weighted by atomic mass is 79.9. The van der Waals surface area contributed by atoms with Gasteiger partial charge in [-0.3, -0.25) is 9.69 Å². The maximum atomic E-state index is 11.8. The van der Waals surface area contributed by atoms with Crippen LogP contribution in [0.1, 0.15) is 30.5 Å². The molecule has 2 atom stereocenters. The van der Waals surface area contributed by atoms with Gasteiger partial charge in [0, 0.05) is 30.3 Å². The van der Waals surface area contributed by atoms with E-state index in [-0.39, 0.29) is 0 Å². The molecule has 0 bridgehead atoms. The molecule has 0 amide bonds. The first-order valence-electron chi connectivity index (χ1n) is 8.07. The third kappa shape index (κ3) is 2.31. The lowest BCUT2D eigenvalue weighted by atomic mass is 9.81. The van der Waals surface area contributed by atoms with Crippen LogP contribution in [-0.4, -0.2) is 38.4 Å². The fraction of sp³-hybridized carbons (Fsp3) is 0.529. The molecule has 0 unspecified atom stereocenters. The Morgan fingerprint density at radius 1 is 1.57 bits per heavy atom. The number of nitrogens with zero attached hydrogens (tertiary/aromatic N) is 3. The Bertz CT molecular complexity index is 787. The zero-order valence-corrected chi connectivity index (χ0v) is 14.7. The van der Waals surface area contributed by atoms with Gasteiger partial charge in [0.2, 0.25) is 0 Å². The van der Waals surface area contributed by atoms with Crippen LogP contribution in [0.5, 0.6) is 0 Å². The Balaban J connectivity index is 1.62. The predicted octanol–water partition coefficient (Wildman–Crippen LogP) is 3.09. The van der Waals surface area contributed by atoms with E-state index in [4.69, 9.17) is 0 Å². The molecule has 0 aromatic carbocycles. The minimum Gasteiger partial charge on any atom is -0.481 e. The number of aliphatic carboxylic acids is 1. The summed E-state index contributed by atoms with van der Waals surface area (Å²) in [4.78, 5) is 18.6. The van der Waals surface area contributed by atoms with Crippen molar-refractivity contribution < 1.29 is 9.90 Å². The number of pyridine rings is 1. The predicted molar refractivity (Wildman–Crippen MR) is 90.3 cm³/mol. The van der Waals surface area contributed by atoms with E-state index < -0.39 is 11.4 Å². The molecular formula is C17H20BrN3O2. The van der Waals surface area contributed by atoms with Crippen LogP contribution in [0.3, 0.4) is 0 Å². The highest BCUT2D eigenvalue weighted by Gasteiger charge is 2.54. The van der Waals surface area contributed by atoms with Crippen LogP contribution < -0.4 is 0 Å². The molecule has 2 fully saturated rings. The third-order valence-electron chi connectivity index (χ3n) is 5.59. The van der Waals surface area contributed by atoms with Gasteiger partial charge in [0.1, 0.15) is 5.65 Å². The van der Waals surface area contributed by atoms with E-state index in [0.717, 1.165) is 53.7 Å². The summed E-state index contributed by atoms with van der Waals surface area (Å²) < 4.78 is 3.14. The number of rotatable bonds is 3. The van der Waals surface area contributed by atoms with Crippen LogP contribution in [-0.2, 0) is 11.3 Å². The van der Waals surface area contributed by atoms with E-state index in [0.29, 0.717) is 12.5 Å². The Labute approximate surface area is 143 Å². The second-order valence-corrected chi connectivity index (χ2v) is 7.92. The van der Waals surface area contributed by atoms with Crippen molar-refractivity contribution in [1.29, 1.82) is 0 Å². The van der Waals surface area contributed by atoms with Crippen molar-refractivity contribution in [2.45, 2.75) is 32.7 Å². The summed E-state index contributed by atoms with van der Waals surface area (Å²) in [6.45, 7) is 4.35. The topological polar surface area (TPSA) is 57.8 Å². The lowest BCUT2D eigenvalue weighted by Gasteiger charge is -2.23. The number of hydrogen-bond donors (Lipinski definition) is 1. The van der Waals surface area contributed by atoms with Gasteiger partial charge in [-0.15, -0.1) is 0 Å². The van der Waals surface area contributed by atoms with E-state index in [1.54, 1.807) is 0 Å². The molecule has 4 rings (SSSR count). The van der Waals surface area contributed by atoms with Crippen LogP contribution in [0.25, 0.3) is 5.65 Å². The maximum absolute atomic E-state index is 11.8. The van der Waals surface area contributed by atoms with E-state index >= 15 is 0 Å². The summed E-state index contributed by atoms with van der Waals surface area (Å²) in [5.41, 5.74) is 2.70. The summed E-state index contributed by atoms with van der Waals surface area (Å²) in [6.07, 6.45) is 6.86. The first-order valence-corrected chi connectivity index (χ1v) is 8.87. The normalized spacial score (nSPS) is 27.7. The first kappa shape index (κ1) is 15.1. The molecule has 122 valence electrons. The van der Waals surface area contributed by atoms with Gasteiger partial charge in [-0.2, -0.15) is 0 Å². The fourth-order valence-corrected chi connectivity index (χ4v) is 5.02. The van der Waals surface area contributed by atoms with Crippen LogP contribution in [0.15, 0.2) is 22.9 Å². The lowest BCUT2D eigenvalue weighted by molar-refractivity contribution is -0.149. The number of hydrogen-bond acceptors (Lipinski definition) is 3. The van der Waals surface area contributed by atoms with E-state index in [1.165, 1.54) is 0 Å². The maximum Gasteiger partial charge on any atom is 0.311 e. The molecule has 0 radical (unpaired) electrons. The molecule has 1 saturated carbocycles. The standard InChI is InChI=1S/C17H20BrN3O2/c1-11-5-13(18)8-21-14(6-19-15(11)21)9-20-7-12-3-2-4-17(12,10-20)16(22)23/h5-6,8,12H,2-4,7,9-10H2,1H3,(H,22,23)/t12-,17+/m0/s1. The van der Waals surface area contributed by atoms with Gasteiger partial charge in [0.25, 0.3) is 0 Å². The fourth-order valence-electron chi connectivity index (χ4n) is 4.47. The van der Waals surface area contributed by atoms with Crippen molar-refractivity contribution in [3.63, 3.8) is 0 Å². The van der Waals surface area contributed by atoms with Crippen molar-refractivity contribution in [2.24, 2.45) is 11.3 Å². The van der Waals surface area contributed by atoms with Gasteiger partial charge in [-0.05, 0) is 53.2 Å². The minimum absolute atomic E-state index is 0.299. The second-order valence-electron chi connectivity index (χ2n) is 7.00. The molecule has 2 aliphatic rings. The molecule has 0 spiro atoms. The molecule has 1 N–H and O–H groups in total. The Kier molecular flexibility index (Phi) is 3.50. The number of halogens is 1. The molecule has 5 nitrogen and oxygen atoms in total. The average Bonchev–Trinajstić information content (AvgIpc) is 3.12. The van der Waals surface area contributed by atoms with E-state index in [1.807, 2.05) is 12.4 Å². The SMILES string of the molecule is Cc1cc(Br)cn2c(CN3C[C@@H]4CCC[C@@]4(C(=O)O)C3)cnc12. The van der Waals surface area contributed by atoms with Gasteiger partial charge in [0.05, 0.1) is 17.3 Å². The quantitative estimate of drug-likeness (QED) is 0.892. The number of carboxylic acids is 1. The molecule has 6 heteroatoms. The number of likely N-dealkylation sites (tertiary alicyclic amines) is 1. The average molecular weight is 378 g/mol. The summed E-state index contributed by atoms with van der Waals surface area (Å²) in [6, 6.07) is 2.06. The molecule has 1 aliphatic heterocycles. The molecule has 2 aromatic rings. The Morgan fingerprint density at radius 3 is 3.13 bits per heavy atom. The lowest BCUT2D eigenvalue weighted by Crippen LogP contribution is -2.35. The van der Waals surface area contributed by atoms with Gasteiger partial charge in [0.15, 0.2) is 0 Å². The Hall–Kier alpha value is -1.40. The molecule has 2 aromatic heterocycles. The number of fused-ring (bicyclic) bond motifs is 2. The smallest absolute Gasteiger partial charge is 0.311 e. The van der Waals surface area contributed by atoms with Crippen molar-refractivity contribution in [3.05, 3.63) is 34.2 Å². The van der Waals surface area contributed by atoms with E-state index in [9.17, 15) is 9.90 Å². The molecule has 1 saturated heterocycles.